The molecule has 0 aliphatic heterocycles. The zero-order valence-electron chi connectivity index (χ0n) is 8.74. The smallest absolute Gasteiger partial charge is 0.180 e. The molecule has 0 unspecified atom stereocenters. The molecule has 0 bridgehead atoms. The highest BCUT2D eigenvalue weighted by Crippen LogP contribution is 2.22. The maximum absolute atomic E-state index is 11.2. The number of aromatic nitrogens is 2. The number of ketones is 1. The minimum absolute atomic E-state index is 0.00840. The summed E-state index contributed by atoms with van der Waals surface area (Å²) in [5.74, 6) is -0.00840. The summed E-state index contributed by atoms with van der Waals surface area (Å²) in [6.07, 6.45) is 0. The van der Waals surface area contributed by atoms with E-state index in [2.05, 4.69) is 10.2 Å². The summed E-state index contributed by atoms with van der Waals surface area (Å²) >= 11 is 0. The number of carbonyl (C=O) groups is 1. The average Bonchev–Trinajstić information content (AvgIpc) is 2.61. The van der Waals surface area contributed by atoms with E-state index in [9.17, 15) is 4.79 Å². The van der Waals surface area contributed by atoms with E-state index in [-0.39, 0.29) is 5.78 Å². The van der Waals surface area contributed by atoms with Crippen molar-refractivity contribution in [2.24, 2.45) is 0 Å². The molecule has 2 aromatic rings. The van der Waals surface area contributed by atoms with Crippen molar-refractivity contribution < 1.29 is 4.79 Å². The molecule has 0 aliphatic rings. The van der Waals surface area contributed by atoms with Crippen LogP contribution < -0.4 is 0 Å². The predicted octanol–water partition coefficient (Wildman–Crippen LogP) is 2.59. The molecule has 0 saturated heterocycles. The summed E-state index contributed by atoms with van der Waals surface area (Å²) in [4.78, 5) is 11.2. The van der Waals surface area contributed by atoms with Crippen LogP contribution in [-0.4, -0.2) is 16.0 Å². The van der Waals surface area contributed by atoms with Gasteiger partial charge in [0.1, 0.15) is 5.69 Å². The van der Waals surface area contributed by atoms with Crippen molar-refractivity contribution >= 4 is 5.78 Å². The summed E-state index contributed by atoms with van der Waals surface area (Å²) in [5.41, 5.74) is 3.40. The highest BCUT2D eigenvalue weighted by atomic mass is 16.1. The number of benzene rings is 1. The van der Waals surface area contributed by atoms with Crippen molar-refractivity contribution in [3.05, 3.63) is 41.6 Å². The van der Waals surface area contributed by atoms with E-state index in [0.29, 0.717) is 5.69 Å². The largest absolute Gasteiger partial charge is 0.293 e. The Balaban J connectivity index is 2.52. The van der Waals surface area contributed by atoms with Gasteiger partial charge < -0.3 is 0 Å². The van der Waals surface area contributed by atoms with Crippen LogP contribution >= 0.6 is 0 Å². The second-order valence-corrected chi connectivity index (χ2v) is 3.49. The van der Waals surface area contributed by atoms with Crippen LogP contribution in [0.3, 0.4) is 0 Å². The average molecular weight is 200 g/mol. The number of nitrogens with zero attached hydrogens (tertiary/aromatic N) is 1. The number of rotatable bonds is 2. The maximum Gasteiger partial charge on any atom is 0.180 e. The molecule has 3 heteroatoms. The second kappa shape index (κ2) is 3.69. The summed E-state index contributed by atoms with van der Waals surface area (Å²) in [5, 5.41) is 6.92. The van der Waals surface area contributed by atoms with Gasteiger partial charge in [0.2, 0.25) is 0 Å². The van der Waals surface area contributed by atoms with E-state index < -0.39 is 0 Å². The molecule has 2 rings (SSSR count). The van der Waals surface area contributed by atoms with Gasteiger partial charge in [-0.3, -0.25) is 9.89 Å². The van der Waals surface area contributed by atoms with Crippen LogP contribution in [0.25, 0.3) is 11.3 Å². The number of H-pyrrole nitrogens is 1. The van der Waals surface area contributed by atoms with Crippen LogP contribution in [-0.2, 0) is 0 Å². The fraction of sp³-hybridized carbons (Fsp3) is 0.167. The van der Waals surface area contributed by atoms with E-state index in [0.717, 1.165) is 16.8 Å². The van der Waals surface area contributed by atoms with Gasteiger partial charge in [-0.25, -0.2) is 0 Å². The molecule has 0 fully saturated rings. The molecule has 0 radical (unpaired) electrons. The highest BCUT2D eigenvalue weighted by Gasteiger charge is 2.13. The molecule has 0 aliphatic carbocycles. The Kier molecular flexibility index (Phi) is 2.37. The Morgan fingerprint density at radius 3 is 2.47 bits per heavy atom. The molecule has 3 nitrogen and oxygen atoms in total. The van der Waals surface area contributed by atoms with Crippen molar-refractivity contribution in [2.45, 2.75) is 13.8 Å². The number of nitrogens with one attached hydrogen (secondary N) is 1. The molecule has 0 amide bonds. The van der Waals surface area contributed by atoms with Crippen LogP contribution in [0.1, 0.15) is 23.0 Å². The zero-order valence-corrected chi connectivity index (χ0v) is 8.74. The maximum atomic E-state index is 11.2. The Morgan fingerprint density at radius 1 is 1.27 bits per heavy atom. The van der Waals surface area contributed by atoms with Gasteiger partial charge in [-0.05, 0) is 12.5 Å². The lowest BCUT2D eigenvalue weighted by atomic mass is 10.1. The highest BCUT2D eigenvalue weighted by molar-refractivity contribution is 5.95. The van der Waals surface area contributed by atoms with Crippen molar-refractivity contribution in [2.75, 3.05) is 0 Å². The Morgan fingerprint density at radius 2 is 1.93 bits per heavy atom. The third-order valence-corrected chi connectivity index (χ3v) is 2.41. The first-order valence-corrected chi connectivity index (χ1v) is 4.81. The first kappa shape index (κ1) is 9.65. The molecular formula is C12H12N2O. The van der Waals surface area contributed by atoms with E-state index in [1.807, 2.05) is 37.3 Å². The Labute approximate surface area is 88.1 Å². The van der Waals surface area contributed by atoms with Gasteiger partial charge in [-0.1, -0.05) is 30.3 Å². The zero-order chi connectivity index (χ0) is 10.8. The second-order valence-electron chi connectivity index (χ2n) is 3.49. The first-order valence-electron chi connectivity index (χ1n) is 4.81. The normalized spacial score (nSPS) is 10.3. The van der Waals surface area contributed by atoms with Crippen molar-refractivity contribution in [1.82, 2.24) is 10.2 Å². The van der Waals surface area contributed by atoms with E-state index >= 15 is 0 Å². The number of hydrogen-bond donors (Lipinski definition) is 1. The van der Waals surface area contributed by atoms with Crippen molar-refractivity contribution in [1.29, 1.82) is 0 Å². The van der Waals surface area contributed by atoms with Gasteiger partial charge >= 0.3 is 0 Å². The minimum Gasteiger partial charge on any atom is -0.293 e. The van der Waals surface area contributed by atoms with Crippen LogP contribution in [0.2, 0.25) is 0 Å². The molecular weight excluding hydrogens is 188 g/mol. The van der Waals surface area contributed by atoms with E-state index in [1.165, 1.54) is 6.92 Å². The third kappa shape index (κ3) is 1.68. The molecule has 0 spiro atoms. The fourth-order valence-electron chi connectivity index (χ4n) is 1.63. The SMILES string of the molecule is CC(=O)c1n[nH]c(-c2ccccc2)c1C. The standard InChI is InChI=1S/C12H12N2O/c1-8-11(9(2)15)13-14-12(8)10-6-4-3-5-7-10/h3-7H,1-2H3,(H,13,14). The Hall–Kier alpha value is -1.90. The van der Waals surface area contributed by atoms with Gasteiger partial charge in [-0.15, -0.1) is 0 Å². The molecule has 0 saturated carbocycles. The van der Waals surface area contributed by atoms with Crippen LogP contribution in [0, 0.1) is 6.92 Å². The summed E-state index contributed by atoms with van der Waals surface area (Å²) < 4.78 is 0. The minimum atomic E-state index is -0.00840. The predicted molar refractivity (Wildman–Crippen MR) is 58.8 cm³/mol. The quantitative estimate of drug-likeness (QED) is 0.757. The molecule has 1 aromatic heterocycles. The molecule has 76 valence electrons. The lowest BCUT2D eigenvalue weighted by Crippen LogP contribution is -1.94. The van der Waals surface area contributed by atoms with Gasteiger partial charge in [0.25, 0.3) is 0 Å². The van der Waals surface area contributed by atoms with Crippen LogP contribution in [0.4, 0.5) is 0 Å². The van der Waals surface area contributed by atoms with E-state index in [1.54, 1.807) is 0 Å². The van der Waals surface area contributed by atoms with Crippen molar-refractivity contribution in [3.63, 3.8) is 0 Å². The summed E-state index contributed by atoms with van der Waals surface area (Å²) in [6, 6.07) is 9.86. The Bertz CT molecular complexity index is 486. The van der Waals surface area contributed by atoms with E-state index in [4.69, 9.17) is 0 Å². The molecule has 0 atom stereocenters. The molecule has 15 heavy (non-hydrogen) atoms. The lowest BCUT2D eigenvalue weighted by Gasteiger charge is -1.98. The summed E-state index contributed by atoms with van der Waals surface area (Å²) in [6.45, 7) is 3.43. The fourth-order valence-corrected chi connectivity index (χ4v) is 1.63. The number of carbonyl (C=O) groups excluding carboxylic acids is 1. The van der Waals surface area contributed by atoms with Crippen molar-refractivity contribution in [3.8, 4) is 11.3 Å². The molecule has 1 N–H and O–H groups in total. The van der Waals surface area contributed by atoms with Crippen LogP contribution in [0.15, 0.2) is 30.3 Å². The number of hydrogen-bond acceptors (Lipinski definition) is 2. The first-order chi connectivity index (χ1) is 7.20. The van der Waals surface area contributed by atoms with Gasteiger partial charge in [0.15, 0.2) is 5.78 Å². The van der Waals surface area contributed by atoms with Gasteiger partial charge in [0, 0.05) is 12.5 Å². The van der Waals surface area contributed by atoms with Gasteiger partial charge in [-0.2, -0.15) is 5.10 Å². The number of Topliss-reactive ketones (excluding diaryl/α,β-unsaturated/α-hetero) is 1. The molecule has 1 aromatic carbocycles. The number of aromatic amines is 1. The summed E-state index contributed by atoms with van der Waals surface area (Å²) in [7, 11) is 0. The van der Waals surface area contributed by atoms with Crippen LogP contribution in [0.5, 0.6) is 0 Å². The molecule has 1 heterocycles. The topological polar surface area (TPSA) is 45.8 Å². The third-order valence-electron chi connectivity index (χ3n) is 2.41. The monoisotopic (exact) mass is 200 g/mol. The lowest BCUT2D eigenvalue weighted by molar-refractivity contribution is 0.101. The van der Waals surface area contributed by atoms with Gasteiger partial charge in [0.05, 0.1) is 5.69 Å².